The fourth-order valence-electron chi connectivity index (χ4n) is 2.13. The van der Waals surface area contributed by atoms with E-state index in [1.165, 1.54) is 7.11 Å². The van der Waals surface area contributed by atoms with Gasteiger partial charge < -0.3 is 14.8 Å². The lowest BCUT2D eigenvalue weighted by atomic mass is 9.98. The van der Waals surface area contributed by atoms with Crippen LogP contribution in [0.2, 0.25) is 0 Å². The maximum absolute atomic E-state index is 12.5. The molecule has 0 bridgehead atoms. The van der Waals surface area contributed by atoms with Crippen molar-refractivity contribution >= 4 is 0 Å². The van der Waals surface area contributed by atoms with Gasteiger partial charge in [0, 0.05) is 17.6 Å². The number of para-hydroxylation sites is 1. The molecule has 0 heterocycles. The van der Waals surface area contributed by atoms with Gasteiger partial charge >= 0.3 is 6.61 Å². The van der Waals surface area contributed by atoms with Crippen LogP contribution in [0.15, 0.2) is 18.2 Å². The van der Waals surface area contributed by atoms with Crippen molar-refractivity contribution in [1.82, 2.24) is 5.32 Å². The van der Waals surface area contributed by atoms with Crippen LogP contribution in [0.3, 0.4) is 0 Å². The zero-order valence-electron chi connectivity index (χ0n) is 12.5. The summed E-state index contributed by atoms with van der Waals surface area (Å²) in [5.41, 5.74) is 0.605. The quantitative estimate of drug-likeness (QED) is 0.785. The van der Waals surface area contributed by atoms with E-state index in [2.05, 4.69) is 30.8 Å². The van der Waals surface area contributed by atoms with Gasteiger partial charge in [-0.2, -0.15) is 8.78 Å². The lowest BCUT2D eigenvalue weighted by molar-refractivity contribution is -0.0519. The first-order valence-electron chi connectivity index (χ1n) is 6.75. The number of halogens is 2. The molecule has 0 saturated heterocycles. The maximum Gasteiger partial charge on any atom is 0.387 e. The van der Waals surface area contributed by atoms with Crippen LogP contribution in [0.25, 0.3) is 0 Å². The van der Waals surface area contributed by atoms with Crippen LogP contribution in [0.5, 0.6) is 11.5 Å². The molecule has 0 aliphatic heterocycles. The van der Waals surface area contributed by atoms with Crippen LogP contribution < -0.4 is 14.8 Å². The van der Waals surface area contributed by atoms with E-state index >= 15 is 0 Å². The SMILES string of the molecule is CCCC(C)(C)NCc1cccc(OC)c1OC(F)F. The second kappa shape index (κ2) is 7.43. The summed E-state index contributed by atoms with van der Waals surface area (Å²) in [6.45, 7) is 3.87. The smallest absolute Gasteiger partial charge is 0.387 e. The normalized spacial score (nSPS) is 11.8. The van der Waals surface area contributed by atoms with Gasteiger partial charge in [-0.1, -0.05) is 25.5 Å². The van der Waals surface area contributed by atoms with Crippen molar-refractivity contribution in [3.63, 3.8) is 0 Å². The maximum atomic E-state index is 12.5. The number of alkyl halides is 2. The largest absolute Gasteiger partial charge is 0.493 e. The Hall–Kier alpha value is -1.36. The molecule has 1 rings (SSSR count). The number of rotatable bonds is 8. The number of methoxy groups -OCH3 is 1. The van der Waals surface area contributed by atoms with Crippen LogP contribution in [0, 0.1) is 0 Å². The summed E-state index contributed by atoms with van der Waals surface area (Å²) >= 11 is 0. The van der Waals surface area contributed by atoms with Crippen molar-refractivity contribution in [2.45, 2.75) is 52.3 Å². The summed E-state index contributed by atoms with van der Waals surface area (Å²) in [4.78, 5) is 0. The van der Waals surface area contributed by atoms with Crippen molar-refractivity contribution < 1.29 is 18.3 Å². The molecule has 0 radical (unpaired) electrons. The molecule has 1 aromatic rings. The van der Waals surface area contributed by atoms with E-state index in [0.717, 1.165) is 12.8 Å². The third kappa shape index (κ3) is 4.96. The predicted molar refractivity (Wildman–Crippen MR) is 75.5 cm³/mol. The summed E-state index contributed by atoms with van der Waals surface area (Å²) < 4.78 is 34.7. The number of hydrogen-bond acceptors (Lipinski definition) is 3. The molecule has 20 heavy (non-hydrogen) atoms. The van der Waals surface area contributed by atoms with Crippen LogP contribution in [-0.4, -0.2) is 19.3 Å². The zero-order chi connectivity index (χ0) is 15.2. The van der Waals surface area contributed by atoms with E-state index in [1.54, 1.807) is 18.2 Å². The third-order valence-corrected chi connectivity index (χ3v) is 3.12. The highest BCUT2D eigenvalue weighted by atomic mass is 19.3. The highest BCUT2D eigenvalue weighted by Gasteiger charge is 2.19. The van der Waals surface area contributed by atoms with Gasteiger partial charge in [-0.25, -0.2) is 0 Å². The van der Waals surface area contributed by atoms with E-state index < -0.39 is 6.61 Å². The Balaban J connectivity index is 2.88. The van der Waals surface area contributed by atoms with E-state index in [0.29, 0.717) is 17.9 Å². The van der Waals surface area contributed by atoms with Gasteiger partial charge in [0.05, 0.1) is 7.11 Å². The van der Waals surface area contributed by atoms with E-state index in [4.69, 9.17) is 4.74 Å². The van der Waals surface area contributed by atoms with E-state index in [-0.39, 0.29) is 11.3 Å². The minimum absolute atomic E-state index is 0.0556. The highest BCUT2D eigenvalue weighted by Crippen LogP contribution is 2.32. The second-order valence-electron chi connectivity index (χ2n) is 5.31. The Morgan fingerprint density at radius 3 is 2.55 bits per heavy atom. The summed E-state index contributed by atoms with van der Waals surface area (Å²) in [6, 6.07) is 5.13. The summed E-state index contributed by atoms with van der Waals surface area (Å²) in [5.74, 6) is 0.419. The van der Waals surface area contributed by atoms with Crippen LogP contribution >= 0.6 is 0 Å². The molecule has 3 nitrogen and oxygen atoms in total. The molecule has 0 unspecified atom stereocenters. The zero-order valence-corrected chi connectivity index (χ0v) is 12.5. The Labute approximate surface area is 119 Å². The predicted octanol–water partition coefficient (Wildman–Crippen LogP) is 3.96. The third-order valence-electron chi connectivity index (χ3n) is 3.12. The summed E-state index contributed by atoms with van der Waals surface area (Å²) in [6.07, 6.45) is 2.06. The molecule has 0 fully saturated rings. The first kappa shape index (κ1) is 16.7. The van der Waals surface area contributed by atoms with Crippen LogP contribution in [0.4, 0.5) is 8.78 Å². The Morgan fingerprint density at radius 1 is 1.30 bits per heavy atom. The lowest BCUT2D eigenvalue weighted by Gasteiger charge is -2.26. The Kier molecular flexibility index (Phi) is 6.20. The number of ether oxygens (including phenoxy) is 2. The van der Waals surface area contributed by atoms with Gasteiger partial charge in [0.1, 0.15) is 0 Å². The first-order valence-corrected chi connectivity index (χ1v) is 6.75. The van der Waals surface area contributed by atoms with Crippen molar-refractivity contribution in [3.8, 4) is 11.5 Å². The lowest BCUT2D eigenvalue weighted by Crippen LogP contribution is -2.38. The number of nitrogens with one attached hydrogen (secondary N) is 1. The van der Waals surface area contributed by atoms with Gasteiger partial charge in [0.25, 0.3) is 0 Å². The minimum Gasteiger partial charge on any atom is -0.493 e. The molecule has 0 amide bonds. The Morgan fingerprint density at radius 2 is 2.00 bits per heavy atom. The monoisotopic (exact) mass is 287 g/mol. The Bertz CT molecular complexity index is 422. The topological polar surface area (TPSA) is 30.5 Å². The molecule has 1 N–H and O–H groups in total. The molecule has 0 aromatic heterocycles. The number of benzene rings is 1. The van der Waals surface area contributed by atoms with Crippen LogP contribution in [0.1, 0.15) is 39.2 Å². The van der Waals surface area contributed by atoms with E-state index in [1.807, 2.05) is 0 Å². The second-order valence-corrected chi connectivity index (χ2v) is 5.31. The molecular weight excluding hydrogens is 264 g/mol. The van der Waals surface area contributed by atoms with Crippen molar-refractivity contribution in [2.24, 2.45) is 0 Å². The van der Waals surface area contributed by atoms with Crippen LogP contribution in [-0.2, 0) is 6.54 Å². The van der Waals surface area contributed by atoms with Gasteiger partial charge in [-0.05, 0) is 26.3 Å². The minimum atomic E-state index is -2.87. The molecule has 1 aromatic carbocycles. The van der Waals surface area contributed by atoms with Crippen molar-refractivity contribution in [3.05, 3.63) is 23.8 Å². The molecule has 114 valence electrons. The molecule has 0 atom stereocenters. The first-order chi connectivity index (χ1) is 9.39. The average Bonchev–Trinajstić information content (AvgIpc) is 2.36. The van der Waals surface area contributed by atoms with Gasteiger partial charge in [-0.3, -0.25) is 0 Å². The molecule has 5 heteroatoms. The fraction of sp³-hybridized carbons (Fsp3) is 0.600. The van der Waals surface area contributed by atoms with E-state index in [9.17, 15) is 8.78 Å². The van der Waals surface area contributed by atoms with Crippen molar-refractivity contribution in [1.29, 1.82) is 0 Å². The molecule has 0 spiro atoms. The summed E-state index contributed by atoms with van der Waals surface area (Å²) in [5, 5.41) is 3.36. The van der Waals surface area contributed by atoms with Gasteiger partial charge in [0.15, 0.2) is 11.5 Å². The number of hydrogen-bond donors (Lipinski definition) is 1. The average molecular weight is 287 g/mol. The standard InChI is InChI=1S/C15H23F2NO2/c1-5-9-15(2,3)18-10-11-7-6-8-12(19-4)13(11)20-14(16)17/h6-8,14,18H,5,9-10H2,1-4H3. The molecule has 0 aliphatic rings. The fourth-order valence-corrected chi connectivity index (χ4v) is 2.13. The molecule has 0 aliphatic carbocycles. The molecule has 0 saturated carbocycles. The summed E-state index contributed by atoms with van der Waals surface area (Å²) in [7, 11) is 1.44. The highest BCUT2D eigenvalue weighted by molar-refractivity contribution is 5.46. The van der Waals surface area contributed by atoms with Crippen molar-refractivity contribution in [2.75, 3.05) is 7.11 Å². The van der Waals surface area contributed by atoms with Gasteiger partial charge in [0.2, 0.25) is 0 Å². The van der Waals surface area contributed by atoms with Gasteiger partial charge in [-0.15, -0.1) is 0 Å². The molecular formula is C15H23F2NO2.